The van der Waals surface area contributed by atoms with Crippen molar-refractivity contribution in [2.75, 3.05) is 13.2 Å². The van der Waals surface area contributed by atoms with E-state index >= 15 is 0 Å². The van der Waals surface area contributed by atoms with Gasteiger partial charge in [-0.1, -0.05) is 6.08 Å². The van der Waals surface area contributed by atoms with Crippen molar-refractivity contribution in [2.24, 2.45) is 0 Å². The fraction of sp³-hybridized carbons (Fsp3) is 0.103. The first-order valence-corrected chi connectivity index (χ1v) is 19.5. The van der Waals surface area contributed by atoms with Gasteiger partial charge in [0, 0.05) is 0 Å². The van der Waals surface area contributed by atoms with Gasteiger partial charge in [-0.05, 0) is 6.92 Å². The van der Waals surface area contributed by atoms with Crippen molar-refractivity contribution in [1.29, 1.82) is 0 Å². The molecule has 1 fully saturated rings. The van der Waals surface area contributed by atoms with E-state index in [4.69, 9.17) is 9.72 Å². The van der Waals surface area contributed by atoms with Crippen LogP contribution in [0.15, 0.2) is 144 Å². The van der Waals surface area contributed by atoms with E-state index in [1.807, 2.05) is 31.5 Å². The number of aromatic nitrogens is 2. The average Bonchev–Trinajstić information content (AvgIpc) is 3.89. The van der Waals surface area contributed by atoms with E-state index in [0.717, 1.165) is 36.2 Å². The van der Waals surface area contributed by atoms with Crippen molar-refractivity contribution >= 4 is 51.9 Å². The Morgan fingerprint density at radius 3 is 1.91 bits per heavy atom. The van der Waals surface area contributed by atoms with Crippen molar-refractivity contribution in [3.8, 4) is 26.0 Å². The summed E-state index contributed by atoms with van der Waals surface area (Å²) in [6.07, 6.45) is 12.2. The Morgan fingerprint density at radius 2 is 1.35 bits per heavy atom. The Kier molecular flexibility index (Phi) is 10.7. The van der Waals surface area contributed by atoms with Crippen molar-refractivity contribution in [3.63, 3.8) is 0 Å². The molecule has 1 aliphatic heterocycles. The zero-order valence-corrected chi connectivity index (χ0v) is 30.5. The number of rotatable bonds is 7. The maximum absolute atomic E-state index is 5.91. The molecule has 0 radical (unpaired) electrons. The molecule has 2 aromatic heterocycles. The summed E-state index contributed by atoms with van der Waals surface area (Å²) in [6, 6.07) is 32.6. The second kappa shape index (κ2) is 15.2. The van der Waals surface area contributed by atoms with Crippen LogP contribution in [0.25, 0.3) is 15.8 Å². The van der Waals surface area contributed by atoms with Crippen LogP contribution in [0.3, 0.4) is 0 Å². The third kappa shape index (κ3) is 6.69. The van der Waals surface area contributed by atoms with Crippen LogP contribution in [0.5, 0.6) is 0 Å². The Morgan fingerprint density at radius 1 is 0.783 bits per heavy atom. The van der Waals surface area contributed by atoms with E-state index < -0.39 is 7.26 Å². The molecule has 1 saturated heterocycles. The van der Waals surface area contributed by atoms with Crippen LogP contribution in [0.4, 0.5) is 0 Å². The number of thiazole rings is 2. The molecular weight excluding hydrogens is 798 g/mol. The van der Waals surface area contributed by atoms with E-state index in [1.165, 1.54) is 21.5 Å². The first kappa shape index (κ1) is 32.2. The fourth-order valence-electron chi connectivity index (χ4n) is 5.46. The van der Waals surface area contributed by atoms with Crippen LogP contribution in [0.1, 0.15) is 23.9 Å². The maximum atomic E-state index is 5.91. The second-order valence-electron chi connectivity index (χ2n) is 10.3. The van der Waals surface area contributed by atoms with Crippen LogP contribution in [-0.4, -0.2) is 23.2 Å². The number of hydrogen-bond donors (Lipinski definition) is 0. The Bertz CT molecular complexity index is 1960. The Hall–Kier alpha value is -3.75. The minimum atomic E-state index is -2.43. The van der Waals surface area contributed by atoms with Gasteiger partial charge in [0.05, 0.1) is 0 Å². The minimum absolute atomic E-state index is 0.554. The Labute approximate surface area is 289 Å². The van der Waals surface area contributed by atoms with Crippen LogP contribution in [0.2, 0.25) is 0 Å². The predicted molar refractivity (Wildman–Crippen MR) is 194 cm³/mol. The number of ether oxygens (including phenoxy) is 1. The van der Waals surface area contributed by atoms with Gasteiger partial charge in [0.1, 0.15) is 0 Å². The molecule has 0 aliphatic carbocycles. The van der Waals surface area contributed by atoms with Gasteiger partial charge in [-0.2, -0.15) is 0 Å². The molecule has 0 N–H and O–H groups in total. The summed E-state index contributed by atoms with van der Waals surface area (Å²) in [5.74, 6) is 7.09. The monoisotopic (exact) mass is 830 g/mol. The van der Waals surface area contributed by atoms with Gasteiger partial charge in [0.25, 0.3) is 0 Å². The summed E-state index contributed by atoms with van der Waals surface area (Å²) < 4.78 is 9.66. The first-order chi connectivity index (χ1) is 22.7. The third-order valence-electron chi connectivity index (χ3n) is 7.58. The summed E-state index contributed by atoms with van der Waals surface area (Å²) in [5, 5.41) is 6.62. The molecule has 0 spiro atoms. The molecule has 0 unspecified atom stereocenters. The molecule has 7 heteroatoms. The van der Waals surface area contributed by atoms with Crippen molar-refractivity contribution < 1.29 is 22.7 Å². The predicted octanol–water partition coefficient (Wildman–Crippen LogP) is 8.31. The molecule has 3 nitrogen and oxygen atoms in total. The molecule has 5 aromatic rings. The molecule has 1 aliphatic rings. The van der Waals surface area contributed by atoms with Gasteiger partial charge in [0.2, 0.25) is 0 Å². The molecule has 227 valence electrons. The molecule has 3 aromatic carbocycles. The van der Waals surface area contributed by atoms with Gasteiger partial charge < -0.3 is 0 Å². The van der Waals surface area contributed by atoms with E-state index in [2.05, 4.69) is 131 Å². The summed E-state index contributed by atoms with van der Waals surface area (Å²) in [4.78, 5) is 11.4. The zero-order valence-electron chi connectivity index (χ0n) is 25.5. The average molecular weight is 829 g/mol. The molecule has 0 bridgehead atoms. The molecule has 0 atom stereocenters. The van der Waals surface area contributed by atoms with Crippen molar-refractivity contribution in [1.82, 2.24) is 9.97 Å². The number of hydrogen-bond acceptors (Lipinski definition) is 5. The molecule has 3 heterocycles. The zero-order chi connectivity index (χ0) is 31.8. The topological polar surface area (TPSA) is 35.0 Å². The summed E-state index contributed by atoms with van der Waals surface area (Å²) >= 11 is 5.02. The van der Waals surface area contributed by atoms with Gasteiger partial charge in [-0.3, -0.25) is 0 Å². The Balaban J connectivity index is 1.62. The molecule has 6 rings (SSSR count). The van der Waals surface area contributed by atoms with Crippen LogP contribution >= 0.6 is 29.9 Å². The fourth-order valence-corrected chi connectivity index (χ4v) is 12.9. The molecule has 46 heavy (non-hydrogen) atoms. The second-order valence-corrected chi connectivity index (χ2v) is 16.4. The molecule has 0 saturated carbocycles. The summed E-state index contributed by atoms with van der Waals surface area (Å²) in [5.41, 5.74) is 3.28. The standard InChI is InChI=1S/C39H31N2OPS2.Os/c1-4-15-38-40-25-36(44-38)37-26-41-39(45-37)23-22-31(24-32-28-42-27-30(32)5-2)29(3)43(33-16-9-6-10-17-33,34-18-11-7-12-19-34)35-20-13-8-14-21-35;/h4-21,24-26H,27-28H2,1-2H3;/q+1;/b15-4+,30-5?,31-29?,32-24?;. The quantitative estimate of drug-likeness (QED) is 0.122. The van der Waals surface area contributed by atoms with Gasteiger partial charge >= 0.3 is 278 Å². The van der Waals surface area contributed by atoms with Gasteiger partial charge in [-0.25, -0.2) is 0 Å². The number of benzene rings is 3. The first-order valence-electron chi connectivity index (χ1n) is 14.8. The van der Waals surface area contributed by atoms with E-state index in [0.29, 0.717) is 13.2 Å². The van der Waals surface area contributed by atoms with Crippen LogP contribution in [0, 0.1) is 16.2 Å². The molecule has 0 amide bonds. The van der Waals surface area contributed by atoms with E-state index in [9.17, 15) is 0 Å². The number of nitrogens with zero attached hydrogens (tertiary/aromatic N) is 2. The number of allylic oxidation sites excluding steroid dienone is 5. The van der Waals surface area contributed by atoms with E-state index in [-0.39, 0.29) is 0 Å². The van der Waals surface area contributed by atoms with Gasteiger partial charge in [-0.15, -0.1) is 0 Å². The van der Waals surface area contributed by atoms with Gasteiger partial charge in [0.15, 0.2) is 0 Å². The van der Waals surface area contributed by atoms with Crippen LogP contribution < -0.4 is 15.9 Å². The van der Waals surface area contributed by atoms with Crippen LogP contribution in [-0.2, 0) is 22.7 Å². The molecular formula is C39H31N2OOsPS2+. The SMILES string of the molecule is CC=C1COCC1=CC(C#Cc1ncc(-c2cnc(/C=C/C)s2)s1)=C([C]#[Os])[P+](c1ccccc1)(c1ccccc1)c1ccccc1. The summed E-state index contributed by atoms with van der Waals surface area (Å²) in [7, 11) is -2.43. The van der Waals surface area contributed by atoms with E-state index in [1.54, 1.807) is 40.6 Å². The summed E-state index contributed by atoms with van der Waals surface area (Å²) in [6.45, 7) is 5.23. The third-order valence-corrected chi connectivity index (χ3v) is 15.0. The van der Waals surface area contributed by atoms with Crippen molar-refractivity contribution in [3.05, 3.63) is 154 Å². The normalized spacial score (nSPS) is 15.5. The van der Waals surface area contributed by atoms with Crippen molar-refractivity contribution in [2.45, 2.75) is 13.8 Å².